The molecule has 1 saturated carbocycles. The van der Waals surface area contributed by atoms with Crippen molar-refractivity contribution in [2.24, 2.45) is 17.8 Å². The Labute approximate surface area is 103 Å². The number of carboxylic acids is 1. The lowest BCUT2D eigenvalue weighted by Gasteiger charge is -2.44. The van der Waals surface area contributed by atoms with Crippen LogP contribution in [0.3, 0.4) is 0 Å². The van der Waals surface area contributed by atoms with Crippen LogP contribution in [0.4, 0.5) is 0 Å². The third-order valence-electron chi connectivity index (χ3n) is 3.84. The van der Waals surface area contributed by atoms with Crippen LogP contribution in [0.25, 0.3) is 0 Å². The van der Waals surface area contributed by atoms with E-state index in [1.165, 1.54) is 0 Å². The van der Waals surface area contributed by atoms with Gasteiger partial charge in [0.25, 0.3) is 0 Å². The van der Waals surface area contributed by atoms with Gasteiger partial charge in [-0.3, -0.25) is 0 Å². The van der Waals surface area contributed by atoms with Gasteiger partial charge in [-0.25, -0.2) is 4.79 Å². The second-order valence-corrected chi connectivity index (χ2v) is 5.50. The van der Waals surface area contributed by atoms with E-state index in [4.69, 9.17) is 9.84 Å². The molecule has 2 N–H and O–H groups in total. The van der Waals surface area contributed by atoms with Crippen LogP contribution in [0.15, 0.2) is 0 Å². The molecule has 0 aromatic carbocycles. The summed E-state index contributed by atoms with van der Waals surface area (Å²) >= 11 is 0. The number of aliphatic hydroxyl groups excluding tert-OH is 1. The lowest BCUT2D eigenvalue weighted by molar-refractivity contribution is -0.189. The van der Waals surface area contributed by atoms with Gasteiger partial charge in [0, 0.05) is 5.92 Å². The molecule has 17 heavy (non-hydrogen) atoms. The van der Waals surface area contributed by atoms with Gasteiger partial charge in [-0.15, -0.1) is 0 Å². The minimum absolute atomic E-state index is 0.0303. The Morgan fingerprint density at radius 1 is 1.47 bits per heavy atom. The van der Waals surface area contributed by atoms with Gasteiger partial charge in [-0.05, 0) is 24.7 Å². The highest BCUT2D eigenvalue weighted by Crippen LogP contribution is 2.43. The maximum absolute atomic E-state index is 11.6. The fourth-order valence-electron chi connectivity index (χ4n) is 3.04. The van der Waals surface area contributed by atoms with Crippen LogP contribution >= 0.6 is 0 Å². The van der Waals surface area contributed by atoms with Crippen molar-refractivity contribution < 1.29 is 19.7 Å². The first-order valence-corrected chi connectivity index (χ1v) is 6.42. The molecule has 0 radical (unpaired) electrons. The zero-order chi connectivity index (χ0) is 13.1. The van der Waals surface area contributed by atoms with Gasteiger partial charge in [-0.1, -0.05) is 27.2 Å². The molecule has 4 heteroatoms. The third-order valence-corrected chi connectivity index (χ3v) is 3.84. The number of hydrogen-bond acceptors (Lipinski definition) is 3. The number of rotatable bonds is 5. The van der Waals surface area contributed by atoms with E-state index in [-0.39, 0.29) is 25.0 Å². The Morgan fingerprint density at radius 2 is 2.12 bits per heavy atom. The van der Waals surface area contributed by atoms with Crippen LogP contribution in [0.1, 0.15) is 40.0 Å². The number of aliphatic hydroxyl groups is 1. The van der Waals surface area contributed by atoms with Crippen molar-refractivity contribution in [1.82, 2.24) is 0 Å². The highest BCUT2D eigenvalue weighted by Gasteiger charge is 2.51. The Bertz CT molecular complexity index is 264. The van der Waals surface area contributed by atoms with Crippen molar-refractivity contribution in [3.05, 3.63) is 0 Å². The number of aliphatic carboxylic acids is 1. The molecule has 3 unspecified atom stereocenters. The van der Waals surface area contributed by atoms with Crippen LogP contribution in [0, 0.1) is 17.8 Å². The van der Waals surface area contributed by atoms with Crippen LogP contribution in [-0.2, 0) is 9.53 Å². The summed E-state index contributed by atoms with van der Waals surface area (Å²) in [5.74, 6) is -0.212. The molecule has 0 spiro atoms. The Kier molecular flexibility index (Phi) is 4.95. The van der Waals surface area contributed by atoms with E-state index in [0.717, 1.165) is 12.8 Å². The van der Waals surface area contributed by atoms with Crippen LogP contribution in [-0.4, -0.2) is 35.0 Å². The summed E-state index contributed by atoms with van der Waals surface area (Å²) in [5, 5.41) is 18.4. The van der Waals surface area contributed by atoms with E-state index >= 15 is 0 Å². The summed E-state index contributed by atoms with van der Waals surface area (Å²) in [5.41, 5.74) is -1.10. The van der Waals surface area contributed by atoms with Gasteiger partial charge in [0.2, 0.25) is 0 Å². The SMILES string of the molecule is CC1CCC(C(C)C)C(OCCO)(C(=O)O)C1. The molecule has 0 bridgehead atoms. The number of carbonyl (C=O) groups is 1. The van der Waals surface area contributed by atoms with Crippen molar-refractivity contribution in [2.45, 2.75) is 45.6 Å². The minimum Gasteiger partial charge on any atom is -0.479 e. The fraction of sp³-hybridized carbons (Fsp3) is 0.923. The molecule has 3 atom stereocenters. The molecule has 1 rings (SSSR count). The zero-order valence-corrected chi connectivity index (χ0v) is 11.0. The average molecular weight is 244 g/mol. The molecule has 1 aliphatic carbocycles. The second kappa shape index (κ2) is 5.83. The third kappa shape index (κ3) is 2.99. The van der Waals surface area contributed by atoms with E-state index < -0.39 is 11.6 Å². The van der Waals surface area contributed by atoms with Gasteiger partial charge in [-0.2, -0.15) is 0 Å². The quantitative estimate of drug-likeness (QED) is 0.775. The molecular formula is C13H24O4. The van der Waals surface area contributed by atoms with Gasteiger partial charge < -0.3 is 14.9 Å². The molecule has 0 aromatic heterocycles. The fourth-order valence-corrected chi connectivity index (χ4v) is 3.04. The van der Waals surface area contributed by atoms with E-state index in [9.17, 15) is 9.90 Å². The smallest absolute Gasteiger partial charge is 0.336 e. The predicted molar refractivity (Wildman–Crippen MR) is 64.7 cm³/mol. The van der Waals surface area contributed by atoms with Gasteiger partial charge in [0.05, 0.1) is 13.2 Å². The monoisotopic (exact) mass is 244 g/mol. The van der Waals surface area contributed by atoms with Crippen molar-refractivity contribution in [1.29, 1.82) is 0 Å². The van der Waals surface area contributed by atoms with E-state index in [1.807, 2.05) is 13.8 Å². The first-order chi connectivity index (χ1) is 7.94. The number of carboxylic acid groups (broad SMARTS) is 1. The summed E-state index contributed by atoms with van der Waals surface area (Å²) < 4.78 is 5.58. The molecule has 0 aliphatic heterocycles. The van der Waals surface area contributed by atoms with E-state index in [0.29, 0.717) is 12.3 Å². The van der Waals surface area contributed by atoms with Crippen molar-refractivity contribution >= 4 is 5.97 Å². The molecule has 100 valence electrons. The van der Waals surface area contributed by atoms with Crippen molar-refractivity contribution in [2.75, 3.05) is 13.2 Å². The van der Waals surface area contributed by atoms with Gasteiger partial charge in [0.1, 0.15) is 0 Å². The summed E-state index contributed by atoms with van der Waals surface area (Å²) in [7, 11) is 0. The summed E-state index contributed by atoms with van der Waals surface area (Å²) in [6.45, 7) is 6.12. The molecule has 0 saturated heterocycles. The molecular weight excluding hydrogens is 220 g/mol. The summed E-state index contributed by atoms with van der Waals surface area (Å²) in [6.07, 6.45) is 2.49. The molecule has 0 heterocycles. The topological polar surface area (TPSA) is 66.8 Å². The van der Waals surface area contributed by atoms with Crippen molar-refractivity contribution in [3.63, 3.8) is 0 Å². The minimum atomic E-state index is -1.10. The maximum atomic E-state index is 11.6. The lowest BCUT2D eigenvalue weighted by Crippen LogP contribution is -2.54. The first kappa shape index (κ1) is 14.5. The van der Waals surface area contributed by atoms with E-state index in [1.54, 1.807) is 0 Å². The van der Waals surface area contributed by atoms with E-state index in [2.05, 4.69) is 6.92 Å². The highest BCUT2D eigenvalue weighted by atomic mass is 16.5. The normalized spacial score (nSPS) is 33.9. The second-order valence-electron chi connectivity index (χ2n) is 5.50. The predicted octanol–water partition coefficient (Wildman–Crippen LogP) is 1.91. The Hall–Kier alpha value is -0.610. The number of ether oxygens (including phenoxy) is 1. The Morgan fingerprint density at radius 3 is 2.59 bits per heavy atom. The molecule has 1 fully saturated rings. The summed E-state index contributed by atoms with van der Waals surface area (Å²) in [4.78, 5) is 11.6. The standard InChI is InChI=1S/C13H24O4/c1-9(2)11-5-4-10(3)8-13(11,12(15)16)17-7-6-14/h9-11,14H,4-8H2,1-3H3,(H,15,16). The van der Waals surface area contributed by atoms with Crippen LogP contribution < -0.4 is 0 Å². The first-order valence-electron chi connectivity index (χ1n) is 6.42. The number of hydrogen-bond donors (Lipinski definition) is 2. The molecule has 4 nitrogen and oxygen atoms in total. The van der Waals surface area contributed by atoms with Crippen LogP contribution in [0.2, 0.25) is 0 Å². The maximum Gasteiger partial charge on any atom is 0.336 e. The molecule has 0 aromatic rings. The largest absolute Gasteiger partial charge is 0.479 e. The van der Waals surface area contributed by atoms with Crippen LogP contribution in [0.5, 0.6) is 0 Å². The van der Waals surface area contributed by atoms with Crippen molar-refractivity contribution in [3.8, 4) is 0 Å². The average Bonchev–Trinajstić information content (AvgIpc) is 2.25. The van der Waals surface area contributed by atoms with Gasteiger partial charge in [0.15, 0.2) is 5.60 Å². The molecule has 1 aliphatic rings. The van der Waals surface area contributed by atoms with Gasteiger partial charge >= 0.3 is 5.97 Å². The summed E-state index contributed by atoms with van der Waals surface area (Å²) in [6, 6.07) is 0. The lowest BCUT2D eigenvalue weighted by atomic mass is 9.67. The zero-order valence-electron chi connectivity index (χ0n) is 11.0. The molecule has 0 amide bonds. The highest BCUT2D eigenvalue weighted by molar-refractivity contribution is 5.78. The Balaban J connectivity index is 2.96.